The zero-order chi connectivity index (χ0) is 10.7. The van der Waals surface area contributed by atoms with E-state index in [0.717, 1.165) is 25.7 Å². The molecule has 1 aliphatic rings. The minimum atomic E-state index is -0.220. The SMILES string of the molecule is NCC1(Cc2ccccc2)CCCC1O. The summed E-state index contributed by atoms with van der Waals surface area (Å²) in [6, 6.07) is 10.3. The highest BCUT2D eigenvalue weighted by Gasteiger charge is 2.40. The molecule has 2 nitrogen and oxygen atoms in total. The van der Waals surface area contributed by atoms with Crippen LogP contribution in [0, 0.1) is 5.41 Å². The second kappa shape index (κ2) is 4.33. The van der Waals surface area contributed by atoms with Gasteiger partial charge in [0.2, 0.25) is 0 Å². The van der Waals surface area contributed by atoms with Crippen LogP contribution in [0.3, 0.4) is 0 Å². The molecule has 1 fully saturated rings. The smallest absolute Gasteiger partial charge is 0.0611 e. The number of rotatable bonds is 3. The van der Waals surface area contributed by atoms with Crippen LogP contribution >= 0.6 is 0 Å². The average Bonchev–Trinajstić information content (AvgIpc) is 2.62. The molecule has 1 saturated carbocycles. The van der Waals surface area contributed by atoms with E-state index in [1.807, 2.05) is 18.2 Å². The van der Waals surface area contributed by atoms with Crippen molar-refractivity contribution in [2.45, 2.75) is 31.8 Å². The maximum atomic E-state index is 10.0. The van der Waals surface area contributed by atoms with Gasteiger partial charge < -0.3 is 10.8 Å². The van der Waals surface area contributed by atoms with Crippen molar-refractivity contribution >= 4 is 0 Å². The molecule has 82 valence electrons. The predicted octanol–water partition coefficient (Wildman–Crippen LogP) is 1.72. The first-order valence-corrected chi connectivity index (χ1v) is 5.69. The Morgan fingerprint density at radius 1 is 1.33 bits per heavy atom. The summed E-state index contributed by atoms with van der Waals surface area (Å²) in [5, 5.41) is 10.0. The van der Waals surface area contributed by atoms with Crippen LogP contribution in [0.25, 0.3) is 0 Å². The molecular formula is C13H19NO. The van der Waals surface area contributed by atoms with Crippen LogP contribution in [0.2, 0.25) is 0 Å². The number of hydrogen-bond acceptors (Lipinski definition) is 2. The monoisotopic (exact) mass is 205 g/mol. The molecule has 15 heavy (non-hydrogen) atoms. The fourth-order valence-electron chi connectivity index (χ4n) is 2.64. The van der Waals surface area contributed by atoms with Gasteiger partial charge in [-0.25, -0.2) is 0 Å². The number of aliphatic hydroxyl groups is 1. The molecule has 0 saturated heterocycles. The van der Waals surface area contributed by atoms with Gasteiger partial charge in [-0.05, 0) is 24.8 Å². The van der Waals surface area contributed by atoms with E-state index in [2.05, 4.69) is 12.1 Å². The number of benzene rings is 1. The lowest BCUT2D eigenvalue weighted by Crippen LogP contribution is -2.39. The number of hydrogen-bond donors (Lipinski definition) is 2. The second-order valence-electron chi connectivity index (χ2n) is 4.64. The molecule has 0 spiro atoms. The highest BCUT2D eigenvalue weighted by atomic mass is 16.3. The van der Waals surface area contributed by atoms with Crippen molar-refractivity contribution in [1.29, 1.82) is 0 Å². The van der Waals surface area contributed by atoms with Crippen LogP contribution < -0.4 is 5.73 Å². The topological polar surface area (TPSA) is 46.2 Å². The van der Waals surface area contributed by atoms with E-state index < -0.39 is 0 Å². The zero-order valence-corrected chi connectivity index (χ0v) is 9.02. The van der Waals surface area contributed by atoms with E-state index in [0.29, 0.717) is 6.54 Å². The Hall–Kier alpha value is -0.860. The molecule has 1 aromatic rings. The molecule has 0 aliphatic heterocycles. The summed E-state index contributed by atoms with van der Waals surface area (Å²) >= 11 is 0. The Morgan fingerprint density at radius 3 is 2.60 bits per heavy atom. The summed E-state index contributed by atoms with van der Waals surface area (Å²) in [5.74, 6) is 0. The summed E-state index contributed by atoms with van der Waals surface area (Å²) in [6.07, 6.45) is 3.75. The molecular weight excluding hydrogens is 186 g/mol. The molecule has 2 heteroatoms. The molecule has 2 atom stereocenters. The molecule has 0 bridgehead atoms. The molecule has 0 heterocycles. The molecule has 0 radical (unpaired) electrons. The third kappa shape index (κ3) is 2.06. The van der Waals surface area contributed by atoms with E-state index >= 15 is 0 Å². The normalized spacial score (nSPS) is 30.7. The molecule has 1 aliphatic carbocycles. The Morgan fingerprint density at radius 2 is 2.07 bits per heavy atom. The van der Waals surface area contributed by atoms with E-state index in [-0.39, 0.29) is 11.5 Å². The highest BCUT2D eigenvalue weighted by molar-refractivity contribution is 5.18. The first kappa shape index (κ1) is 10.7. The van der Waals surface area contributed by atoms with Crippen molar-refractivity contribution in [3.8, 4) is 0 Å². The average molecular weight is 205 g/mol. The third-order valence-corrected chi connectivity index (χ3v) is 3.66. The quantitative estimate of drug-likeness (QED) is 0.789. The lowest BCUT2D eigenvalue weighted by molar-refractivity contribution is 0.0588. The standard InChI is InChI=1S/C13H19NO/c14-10-13(8-4-7-12(13)15)9-11-5-2-1-3-6-11/h1-3,5-6,12,15H,4,7-10,14H2. The highest BCUT2D eigenvalue weighted by Crippen LogP contribution is 2.40. The van der Waals surface area contributed by atoms with Gasteiger partial charge in [0.15, 0.2) is 0 Å². The van der Waals surface area contributed by atoms with Gasteiger partial charge in [0.05, 0.1) is 6.10 Å². The van der Waals surface area contributed by atoms with Gasteiger partial charge in [0.25, 0.3) is 0 Å². The minimum Gasteiger partial charge on any atom is -0.392 e. The maximum Gasteiger partial charge on any atom is 0.0611 e. The van der Waals surface area contributed by atoms with Crippen molar-refractivity contribution in [3.05, 3.63) is 35.9 Å². The van der Waals surface area contributed by atoms with Gasteiger partial charge in [-0.3, -0.25) is 0 Å². The van der Waals surface area contributed by atoms with Gasteiger partial charge in [-0.15, -0.1) is 0 Å². The van der Waals surface area contributed by atoms with Crippen molar-refractivity contribution in [1.82, 2.24) is 0 Å². The van der Waals surface area contributed by atoms with Gasteiger partial charge in [0.1, 0.15) is 0 Å². The molecule has 2 unspecified atom stereocenters. The molecule has 3 N–H and O–H groups in total. The predicted molar refractivity (Wildman–Crippen MR) is 61.5 cm³/mol. The van der Waals surface area contributed by atoms with Crippen LogP contribution in [-0.2, 0) is 6.42 Å². The van der Waals surface area contributed by atoms with Crippen LogP contribution in [0.1, 0.15) is 24.8 Å². The van der Waals surface area contributed by atoms with Gasteiger partial charge in [0, 0.05) is 12.0 Å². The maximum absolute atomic E-state index is 10.0. The number of aliphatic hydroxyl groups excluding tert-OH is 1. The molecule has 0 amide bonds. The Labute approximate surface area is 91.1 Å². The Bertz CT molecular complexity index is 312. The van der Waals surface area contributed by atoms with Crippen LogP contribution in [0.4, 0.5) is 0 Å². The third-order valence-electron chi connectivity index (χ3n) is 3.66. The van der Waals surface area contributed by atoms with Crippen molar-refractivity contribution in [3.63, 3.8) is 0 Å². The fourth-order valence-corrected chi connectivity index (χ4v) is 2.64. The van der Waals surface area contributed by atoms with Gasteiger partial charge in [-0.1, -0.05) is 36.8 Å². The second-order valence-corrected chi connectivity index (χ2v) is 4.64. The van der Waals surface area contributed by atoms with E-state index in [1.165, 1.54) is 5.56 Å². The number of nitrogens with two attached hydrogens (primary N) is 1. The summed E-state index contributed by atoms with van der Waals surface area (Å²) in [6.45, 7) is 0.586. The minimum absolute atomic E-state index is 0.0681. The Balaban J connectivity index is 2.15. The van der Waals surface area contributed by atoms with Crippen molar-refractivity contribution in [2.24, 2.45) is 11.1 Å². The molecule has 0 aromatic heterocycles. The lowest BCUT2D eigenvalue weighted by Gasteiger charge is -2.31. The van der Waals surface area contributed by atoms with E-state index in [4.69, 9.17) is 5.73 Å². The van der Waals surface area contributed by atoms with E-state index in [9.17, 15) is 5.11 Å². The van der Waals surface area contributed by atoms with Crippen LogP contribution in [0.15, 0.2) is 30.3 Å². The summed E-state index contributed by atoms with van der Waals surface area (Å²) in [5.41, 5.74) is 7.06. The molecule has 2 rings (SSSR count). The Kier molecular flexibility index (Phi) is 3.08. The zero-order valence-electron chi connectivity index (χ0n) is 9.02. The molecule has 1 aromatic carbocycles. The fraction of sp³-hybridized carbons (Fsp3) is 0.538. The van der Waals surface area contributed by atoms with Crippen LogP contribution in [-0.4, -0.2) is 17.8 Å². The lowest BCUT2D eigenvalue weighted by atomic mass is 9.78. The first-order chi connectivity index (χ1) is 7.27. The summed E-state index contributed by atoms with van der Waals surface area (Å²) < 4.78 is 0. The largest absolute Gasteiger partial charge is 0.392 e. The van der Waals surface area contributed by atoms with Gasteiger partial charge >= 0.3 is 0 Å². The summed E-state index contributed by atoms with van der Waals surface area (Å²) in [4.78, 5) is 0. The van der Waals surface area contributed by atoms with Gasteiger partial charge in [-0.2, -0.15) is 0 Å². The van der Waals surface area contributed by atoms with Crippen molar-refractivity contribution < 1.29 is 5.11 Å². The van der Waals surface area contributed by atoms with Crippen molar-refractivity contribution in [2.75, 3.05) is 6.54 Å². The van der Waals surface area contributed by atoms with Crippen LogP contribution in [0.5, 0.6) is 0 Å². The summed E-state index contributed by atoms with van der Waals surface area (Å²) in [7, 11) is 0. The van der Waals surface area contributed by atoms with E-state index in [1.54, 1.807) is 0 Å². The first-order valence-electron chi connectivity index (χ1n) is 5.69.